The Morgan fingerprint density at radius 2 is 1.83 bits per heavy atom. The smallest absolute Gasteiger partial charge is 0.253 e. The van der Waals surface area contributed by atoms with Crippen LogP contribution in [0.4, 0.5) is 33.2 Å². The summed E-state index contributed by atoms with van der Waals surface area (Å²) in [5.74, 6) is 0.494. The molecule has 0 bridgehead atoms. The Bertz CT molecular complexity index is 1800. The number of piperidine rings is 1. The maximum atomic E-state index is 14.4. The Hall–Kier alpha value is -4.47. The molecule has 0 radical (unpaired) electrons. The van der Waals surface area contributed by atoms with Gasteiger partial charge in [-0.2, -0.15) is 4.98 Å². The van der Waals surface area contributed by atoms with Crippen molar-refractivity contribution in [3.8, 4) is 17.1 Å². The number of hydrogen-bond donors (Lipinski definition) is 4. The van der Waals surface area contributed by atoms with Crippen molar-refractivity contribution in [2.75, 3.05) is 80.5 Å². The van der Waals surface area contributed by atoms with E-state index in [4.69, 9.17) is 10.5 Å². The predicted octanol–water partition coefficient (Wildman–Crippen LogP) is 3.27. The molecule has 0 saturated carbocycles. The van der Waals surface area contributed by atoms with Gasteiger partial charge in [-0.15, -0.1) is 0 Å². The molecule has 4 aliphatic rings. The number of anilines is 5. The van der Waals surface area contributed by atoms with E-state index in [0.717, 1.165) is 57.8 Å². The van der Waals surface area contributed by atoms with Crippen LogP contribution in [0.1, 0.15) is 23.2 Å². The fourth-order valence-corrected chi connectivity index (χ4v) is 6.93. The van der Waals surface area contributed by atoms with E-state index in [2.05, 4.69) is 46.4 Å². The van der Waals surface area contributed by atoms with Gasteiger partial charge in [0.2, 0.25) is 5.95 Å². The van der Waals surface area contributed by atoms with Crippen LogP contribution in [0, 0.1) is 5.82 Å². The highest BCUT2D eigenvalue weighted by Crippen LogP contribution is 2.36. The first-order chi connectivity index (χ1) is 22.6. The van der Waals surface area contributed by atoms with Crippen LogP contribution in [0.25, 0.3) is 11.4 Å². The molecule has 2 aromatic carbocycles. The van der Waals surface area contributed by atoms with Crippen LogP contribution in [0.3, 0.4) is 0 Å². The number of primary amides is 1. The maximum absolute atomic E-state index is 14.4. The van der Waals surface area contributed by atoms with Crippen molar-refractivity contribution in [3.05, 3.63) is 60.0 Å². The highest BCUT2D eigenvalue weighted by molar-refractivity contribution is 7.90. The molecule has 0 aromatic heterocycles. The summed E-state index contributed by atoms with van der Waals surface area (Å²) >= 11 is 0. The van der Waals surface area contributed by atoms with E-state index >= 15 is 0 Å². The number of piperazine rings is 1. The Morgan fingerprint density at radius 3 is 2.53 bits per heavy atom. The van der Waals surface area contributed by atoms with E-state index in [1.165, 1.54) is 18.4 Å². The van der Waals surface area contributed by atoms with Gasteiger partial charge in [0.05, 0.1) is 35.4 Å². The van der Waals surface area contributed by atoms with Crippen LogP contribution in [0.15, 0.2) is 48.7 Å². The van der Waals surface area contributed by atoms with Crippen molar-refractivity contribution in [3.63, 3.8) is 0 Å². The lowest BCUT2D eigenvalue weighted by molar-refractivity contribution is 0.0882. The number of ether oxygens (including phenoxy) is 1. The SMILES string of the molecule is COc1cc(N2CCC(N3CCN(CCS(C)(=O)=O)CC3)CC2)ccc1Nc1nc(Nc2cccc(F)c2C(N)=O)c2ccnc-2[nH]1. The average Bonchev–Trinajstić information content (AvgIpc) is 3.53. The summed E-state index contributed by atoms with van der Waals surface area (Å²) in [6, 6.07) is 12.5. The van der Waals surface area contributed by atoms with Gasteiger partial charge >= 0.3 is 0 Å². The van der Waals surface area contributed by atoms with Gasteiger partial charge < -0.3 is 31.0 Å². The second-order valence-electron chi connectivity index (χ2n) is 12.0. The van der Waals surface area contributed by atoms with E-state index in [-0.39, 0.29) is 17.0 Å². The first-order valence-electron chi connectivity index (χ1n) is 15.6. The van der Waals surface area contributed by atoms with Crippen molar-refractivity contribution < 1.29 is 22.3 Å². The van der Waals surface area contributed by atoms with E-state index in [1.807, 2.05) is 12.1 Å². The first-order valence-corrected chi connectivity index (χ1v) is 17.7. The zero-order chi connectivity index (χ0) is 33.1. The number of amides is 1. The van der Waals surface area contributed by atoms with Gasteiger partial charge in [0, 0.05) is 76.1 Å². The zero-order valence-corrected chi connectivity index (χ0v) is 27.3. The molecule has 2 aromatic rings. The van der Waals surface area contributed by atoms with Crippen LogP contribution in [-0.2, 0) is 9.84 Å². The normalized spacial score (nSPS) is 16.8. The molecule has 0 unspecified atom stereocenters. The molecule has 0 spiro atoms. The number of H-pyrrole nitrogens is 1. The number of carbonyl (C=O) groups excluding carboxylic acids is 1. The number of aromatic nitrogens is 3. The lowest BCUT2D eigenvalue weighted by Crippen LogP contribution is -2.53. The monoisotopic (exact) mass is 665 g/mol. The number of rotatable bonds is 11. The number of carbonyl (C=O) groups is 1. The second kappa shape index (κ2) is 13.7. The van der Waals surface area contributed by atoms with E-state index in [9.17, 15) is 17.6 Å². The molecule has 6 rings (SSSR count). The van der Waals surface area contributed by atoms with Gasteiger partial charge in [0.25, 0.3) is 5.91 Å². The molecule has 15 heteroatoms. The minimum absolute atomic E-state index is 0.196. The fourth-order valence-electron chi connectivity index (χ4n) is 6.34. The van der Waals surface area contributed by atoms with Gasteiger partial charge in [0.1, 0.15) is 33.0 Å². The Kier molecular flexibility index (Phi) is 9.47. The number of sulfone groups is 1. The first kappa shape index (κ1) is 32.5. The number of fused-ring (bicyclic) bond motifs is 1. The Balaban J connectivity index is 1.11. The summed E-state index contributed by atoms with van der Waals surface area (Å²) < 4.78 is 43.2. The topological polar surface area (TPSA) is 162 Å². The molecule has 4 aliphatic heterocycles. The molecule has 0 atom stereocenters. The van der Waals surface area contributed by atoms with Crippen molar-refractivity contribution in [2.24, 2.45) is 5.73 Å². The summed E-state index contributed by atoms with van der Waals surface area (Å²) in [6.45, 7) is 6.18. The molecule has 0 aliphatic carbocycles. The average molecular weight is 666 g/mol. The van der Waals surface area contributed by atoms with E-state index in [1.54, 1.807) is 25.4 Å². The lowest BCUT2D eigenvalue weighted by atomic mass is 10.0. The quantitative estimate of drug-likeness (QED) is 0.186. The van der Waals surface area contributed by atoms with Gasteiger partial charge in [-0.3, -0.25) is 14.6 Å². The number of halogens is 1. The summed E-state index contributed by atoms with van der Waals surface area (Å²) in [5.41, 5.74) is 7.79. The highest BCUT2D eigenvalue weighted by atomic mass is 32.2. The number of hydrogen-bond acceptors (Lipinski definition) is 11. The molecular weight excluding hydrogens is 625 g/mol. The molecular formula is C32H40FN9O4S. The van der Waals surface area contributed by atoms with Crippen molar-refractivity contribution in [1.29, 1.82) is 0 Å². The fraction of sp³-hybridized carbons (Fsp3) is 0.406. The minimum atomic E-state index is -2.94. The third kappa shape index (κ3) is 7.58. The van der Waals surface area contributed by atoms with Gasteiger partial charge in [-0.1, -0.05) is 6.07 Å². The Labute approximate surface area is 273 Å². The maximum Gasteiger partial charge on any atom is 0.253 e. The molecule has 47 heavy (non-hydrogen) atoms. The Morgan fingerprint density at radius 1 is 1.06 bits per heavy atom. The minimum Gasteiger partial charge on any atom is -0.494 e. The molecule has 5 N–H and O–H groups in total. The second-order valence-corrected chi connectivity index (χ2v) is 14.3. The van der Waals surface area contributed by atoms with Gasteiger partial charge in [-0.25, -0.2) is 17.8 Å². The third-order valence-electron chi connectivity index (χ3n) is 8.90. The van der Waals surface area contributed by atoms with Crippen LogP contribution in [0.5, 0.6) is 5.75 Å². The van der Waals surface area contributed by atoms with E-state index < -0.39 is 21.6 Å². The number of nitrogens with two attached hydrogens (primary N) is 1. The molecule has 1 amide bonds. The molecule has 2 saturated heterocycles. The number of benzene rings is 2. The van der Waals surface area contributed by atoms with Crippen LogP contribution >= 0.6 is 0 Å². The van der Waals surface area contributed by atoms with E-state index in [0.29, 0.717) is 47.2 Å². The van der Waals surface area contributed by atoms with Crippen molar-refractivity contribution >= 4 is 44.6 Å². The molecule has 250 valence electrons. The number of nitrogens with zero attached hydrogens (tertiary/aromatic N) is 5. The summed E-state index contributed by atoms with van der Waals surface area (Å²) in [5, 5.41) is 6.33. The third-order valence-corrected chi connectivity index (χ3v) is 9.82. The molecule has 2 fully saturated rings. The molecule has 13 nitrogen and oxygen atoms in total. The summed E-state index contributed by atoms with van der Waals surface area (Å²) in [6.07, 6.45) is 5.02. The number of methoxy groups -OCH3 is 1. The van der Waals surface area contributed by atoms with Crippen LogP contribution in [-0.4, -0.2) is 110 Å². The summed E-state index contributed by atoms with van der Waals surface area (Å²) in [4.78, 5) is 31.3. The van der Waals surface area contributed by atoms with Crippen molar-refractivity contribution in [1.82, 2.24) is 24.8 Å². The van der Waals surface area contributed by atoms with Crippen molar-refractivity contribution in [2.45, 2.75) is 18.9 Å². The standard InChI is InChI=1S/C32H40FN9O4S/c1-46-27-20-22(41-12-9-21(10-13-41)42-16-14-40(15-17-42)18-19-47(2,44)45)6-7-25(27)37-32-38-30-23(8-11-35-30)31(39-32)36-26-5-3-4-24(33)28(26)29(34)43/h3-8,11,20-21H,9-10,12-19H2,1-2H3,(H2,34,43)(H3,35,36,37,38,39). The number of nitrogens with one attached hydrogen (secondary N) is 3. The highest BCUT2D eigenvalue weighted by Gasteiger charge is 2.28. The molecule has 4 heterocycles. The largest absolute Gasteiger partial charge is 0.494 e. The van der Waals surface area contributed by atoms with Gasteiger partial charge in [-0.05, 0) is 43.2 Å². The van der Waals surface area contributed by atoms with Crippen LogP contribution < -0.4 is 26.0 Å². The predicted molar refractivity (Wildman–Crippen MR) is 180 cm³/mol. The lowest BCUT2D eigenvalue weighted by Gasteiger charge is -2.43. The number of aromatic amines is 1. The zero-order valence-electron chi connectivity index (χ0n) is 26.5. The van der Waals surface area contributed by atoms with Crippen LogP contribution in [0.2, 0.25) is 0 Å². The summed E-state index contributed by atoms with van der Waals surface area (Å²) in [7, 11) is -1.33. The van der Waals surface area contributed by atoms with Gasteiger partial charge in [0.15, 0.2) is 0 Å².